The molecule has 0 heterocycles. The van der Waals surface area contributed by atoms with Gasteiger partial charge >= 0.3 is 0 Å². The first kappa shape index (κ1) is 5.14. The van der Waals surface area contributed by atoms with Gasteiger partial charge in [0, 0.05) is 0 Å². The van der Waals surface area contributed by atoms with E-state index < -0.39 is 0 Å². The Morgan fingerprint density at radius 1 is 2.00 bits per heavy atom. The second-order valence-electron chi connectivity index (χ2n) is 0.704. The Labute approximate surface area is 36.1 Å². The van der Waals surface area contributed by atoms with Crippen molar-refractivity contribution in [1.29, 1.82) is 0 Å². The Bertz CT molecular complexity index is 44.8. The van der Waals surface area contributed by atoms with Gasteiger partial charge < -0.3 is 5.32 Å². The van der Waals surface area contributed by atoms with Crippen LogP contribution in [-0.2, 0) is 4.79 Å². The number of amides is 1. The summed E-state index contributed by atoms with van der Waals surface area (Å²) in [6.07, 6.45) is 0.578. The van der Waals surface area contributed by atoms with Crippen molar-refractivity contribution < 1.29 is 4.79 Å². The number of nitrogens with one attached hydrogen (secondary N) is 1. The first-order chi connectivity index (χ1) is 2.91. The average molecular weight is 86.1 g/mol. The highest BCUT2D eigenvalue weighted by Gasteiger charge is 1.63. The molecule has 0 aromatic heterocycles. The van der Waals surface area contributed by atoms with E-state index in [0.29, 0.717) is 13.1 Å². The molecule has 0 saturated carbocycles. The van der Waals surface area contributed by atoms with Gasteiger partial charge in [-0.15, -0.1) is 0 Å². The van der Waals surface area contributed by atoms with Crippen LogP contribution in [0.5, 0.6) is 0 Å². The molecule has 0 fully saturated rings. The first-order valence-corrected chi connectivity index (χ1v) is 1.51. The van der Waals surface area contributed by atoms with E-state index in [1.807, 2.05) is 0 Å². The molecule has 0 bridgehead atoms. The molecule has 0 spiro atoms. The summed E-state index contributed by atoms with van der Waals surface area (Å²) >= 11 is 0. The van der Waals surface area contributed by atoms with Gasteiger partial charge in [0.2, 0.25) is 6.41 Å². The molecule has 0 unspecified atom stereocenters. The van der Waals surface area contributed by atoms with Gasteiger partial charge in [0.1, 0.15) is 6.67 Å². The monoisotopic (exact) mass is 86.0 g/mol. The SMILES string of the molecule is C=NCNC=O. The van der Waals surface area contributed by atoms with Crippen molar-refractivity contribution in [2.45, 2.75) is 0 Å². The van der Waals surface area contributed by atoms with E-state index in [1.54, 1.807) is 0 Å². The van der Waals surface area contributed by atoms with Gasteiger partial charge in [0.15, 0.2) is 0 Å². The third-order valence-corrected chi connectivity index (χ3v) is 0.286. The standard InChI is InChI=1S/C3H6N2O/c1-4-2-5-3-6/h3H,1-2H2,(H,5,6). The van der Waals surface area contributed by atoms with Crippen molar-refractivity contribution >= 4 is 13.1 Å². The maximum Gasteiger partial charge on any atom is 0.208 e. The second kappa shape index (κ2) is 4.14. The molecule has 6 heavy (non-hydrogen) atoms. The van der Waals surface area contributed by atoms with Crippen LogP contribution in [0.2, 0.25) is 0 Å². The van der Waals surface area contributed by atoms with Crippen LogP contribution < -0.4 is 5.32 Å². The lowest BCUT2D eigenvalue weighted by Gasteiger charge is -1.81. The van der Waals surface area contributed by atoms with Gasteiger partial charge in [-0.25, -0.2) is 0 Å². The van der Waals surface area contributed by atoms with E-state index in [2.05, 4.69) is 17.0 Å². The number of aliphatic imine (C=N–C) groups is 1. The van der Waals surface area contributed by atoms with Crippen molar-refractivity contribution in [1.82, 2.24) is 5.32 Å². The molecule has 3 heteroatoms. The normalized spacial score (nSPS) is 6.67. The number of rotatable bonds is 3. The van der Waals surface area contributed by atoms with Gasteiger partial charge in [-0.3, -0.25) is 9.79 Å². The fourth-order valence-corrected chi connectivity index (χ4v) is 0.102. The average Bonchev–Trinajstić information content (AvgIpc) is 1.61. The Morgan fingerprint density at radius 2 is 2.67 bits per heavy atom. The molecule has 34 valence electrons. The zero-order chi connectivity index (χ0) is 4.83. The van der Waals surface area contributed by atoms with Crippen LogP contribution in [0.4, 0.5) is 0 Å². The minimum absolute atomic E-state index is 0.309. The van der Waals surface area contributed by atoms with Gasteiger partial charge in [0.05, 0.1) is 0 Å². The van der Waals surface area contributed by atoms with Crippen molar-refractivity contribution in [3.05, 3.63) is 0 Å². The maximum atomic E-state index is 9.36. The Kier molecular flexibility index (Phi) is 3.55. The van der Waals surface area contributed by atoms with Gasteiger partial charge in [0.25, 0.3) is 0 Å². The lowest BCUT2D eigenvalue weighted by atomic mass is 11.0. The van der Waals surface area contributed by atoms with Crippen molar-refractivity contribution in [3.8, 4) is 0 Å². The molecule has 0 aliphatic rings. The topological polar surface area (TPSA) is 41.5 Å². The molecule has 0 atom stereocenters. The lowest BCUT2D eigenvalue weighted by molar-refractivity contribution is -0.109. The Hall–Kier alpha value is -0.860. The van der Waals surface area contributed by atoms with Gasteiger partial charge in [-0.1, -0.05) is 0 Å². The summed E-state index contributed by atoms with van der Waals surface area (Å²) in [5.41, 5.74) is 0. The van der Waals surface area contributed by atoms with E-state index in [-0.39, 0.29) is 0 Å². The van der Waals surface area contributed by atoms with Crippen LogP contribution in [-0.4, -0.2) is 19.8 Å². The van der Waals surface area contributed by atoms with Crippen LogP contribution in [0.15, 0.2) is 4.99 Å². The Morgan fingerprint density at radius 3 is 2.83 bits per heavy atom. The molecule has 0 aliphatic heterocycles. The van der Waals surface area contributed by atoms with E-state index in [0.717, 1.165) is 0 Å². The molecule has 0 aliphatic carbocycles. The molecule has 3 nitrogen and oxygen atoms in total. The molecular formula is C3H6N2O. The van der Waals surface area contributed by atoms with Crippen LogP contribution in [0.1, 0.15) is 0 Å². The van der Waals surface area contributed by atoms with Gasteiger partial charge in [-0.2, -0.15) is 0 Å². The van der Waals surface area contributed by atoms with Gasteiger partial charge in [-0.05, 0) is 6.72 Å². The fourth-order valence-electron chi connectivity index (χ4n) is 0.102. The molecular weight excluding hydrogens is 80.0 g/mol. The fraction of sp³-hybridized carbons (Fsp3) is 0.333. The van der Waals surface area contributed by atoms with Crippen LogP contribution in [0.3, 0.4) is 0 Å². The molecule has 0 aromatic rings. The third-order valence-electron chi connectivity index (χ3n) is 0.286. The summed E-state index contributed by atoms with van der Waals surface area (Å²) in [5, 5.41) is 2.29. The minimum Gasteiger partial charge on any atom is -0.340 e. The van der Waals surface area contributed by atoms with E-state index in [4.69, 9.17) is 0 Å². The number of carbonyl (C=O) groups excluding carboxylic acids is 1. The molecule has 1 N–H and O–H groups in total. The maximum absolute atomic E-state index is 9.36. The molecule has 0 saturated heterocycles. The number of nitrogens with zero attached hydrogens (tertiary/aromatic N) is 1. The summed E-state index contributed by atoms with van der Waals surface area (Å²) in [6.45, 7) is 3.44. The second-order valence-corrected chi connectivity index (χ2v) is 0.704. The highest BCUT2D eigenvalue weighted by Crippen LogP contribution is 1.47. The van der Waals surface area contributed by atoms with Crippen LogP contribution in [0, 0.1) is 0 Å². The van der Waals surface area contributed by atoms with E-state index in [1.165, 1.54) is 0 Å². The number of carbonyl (C=O) groups is 1. The first-order valence-electron chi connectivity index (χ1n) is 1.51. The highest BCUT2D eigenvalue weighted by atomic mass is 16.1. The summed E-state index contributed by atoms with van der Waals surface area (Å²) < 4.78 is 0. The lowest BCUT2D eigenvalue weighted by Crippen LogP contribution is -2.08. The predicted octanol–water partition coefficient (Wildman–Crippen LogP) is -0.610. The largest absolute Gasteiger partial charge is 0.340 e. The van der Waals surface area contributed by atoms with Crippen molar-refractivity contribution in [2.24, 2.45) is 4.99 Å². The molecule has 0 rings (SSSR count). The van der Waals surface area contributed by atoms with Crippen molar-refractivity contribution in [3.63, 3.8) is 0 Å². The van der Waals surface area contributed by atoms with E-state index in [9.17, 15) is 4.79 Å². The van der Waals surface area contributed by atoms with E-state index >= 15 is 0 Å². The minimum atomic E-state index is 0.309. The zero-order valence-corrected chi connectivity index (χ0v) is 3.35. The third kappa shape index (κ3) is 3.14. The molecule has 0 aromatic carbocycles. The Balaban J connectivity index is 2.66. The molecule has 1 amide bonds. The number of hydrogen-bond donors (Lipinski definition) is 1. The zero-order valence-electron chi connectivity index (χ0n) is 3.35. The summed E-state index contributed by atoms with van der Waals surface area (Å²) in [4.78, 5) is 12.7. The quantitative estimate of drug-likeness (QED) is 0.278. The summed E-state index contributed by atoms with van der Waals surface area (Å²) in [7, 11) is 0. The summed E-state index contributed by atoms with van der Waals surface area (Å²) in [5.74, 6) is 0. The van der Waals surface area contributed by atoms with Crippen LogP contribution in [0.25, 0.3) is 0 Å². The summed E-state index contributed by atoms with van der Waals surface area (Å²) in [6, 6.07) is 0. The smallest absolute Gasteiger partial charge is 0.208 e. The van der Waals surface area contributed by atoms with Crippen molar-refractivity contribution in [2.75, 3.05) is 6.67 Å². The molecule has 0 radical (unpaired) electrons. The highest BCUT2D eigenvalue weighted by molar-refractivity contribution is 5.45. The van der Waals surface area contributed by atoms with Crippen LogP contribution >= 0.6 is 0 Å². The number of hydrogen-bond acceptors (Lipinski definition) is 2. The predicted molar refractivity (Wildman–Crippen MR) is 23.6 cm³/mol.